The predicted octanol–water partition coefficient (Wildman–Crippen LogP) is 4.31. The molecule has 2 aliphatic rings. The minimum Gasteiger partial charge on any atom is -0.490 e. The fraction of sp³-hybridized carbons (Fsp3) is 0.593. The number of aromatic nitrogens is 2. The molecule has 1 saturated heterocycles. The number of allylic oxidation sites excluding steroid dienone is 2. The van der Waals surface area contributed by atoms with Crippen LogP contribution < -0.4 is 15.0 Å². The first-order chi connectivity index (χ1) is 17.3. The molecular formula is C27H37FN4O4. The van der Waals surface area contributed by atoms with Crippen molar-refractivity contribution in [2.75, 3.05) is 31.2 Å². The molecule has 1 aliphatic carbocycles. The maximum absolute atomic E-state index is 14.8. The third-order valence-electron chi connectivity index (χ3n) is 7.05. The summed E-state index contributed by atoms with van der Waals surface area (Å²) in [7, 11) is 0. The lowest BCUT2D eigenvalue weighted by Gasteiger charge is -2.30. The quantitative estimate of drug-likeness (QED) is 0.529. The summed E-state index contributed by atoms with van der Waals surface area (Å²) in [6.45, 7) is 7.85. The van der Waals surface area contributed by atoms with Crippen molar-refractivity contribution in [2.24, 2.45) is 11.8 Å². The molecule has 0 radical (unpaired) electrons. The van der Waals surface area contributed by atoms with Crippen molar-refractivity contribution >= 4 is 17.5 Å². The summed E-state index contributed by atoms with van der Waals surface area (Å²) < 4.78 is 26.1. The first-order valence-corrected chi connectivity index (χ1v) is 13.0. The molecule has 1 aliphatic heterocycles. The smallest absolute Gasteiger partial charge is 0.324 e. The van der Waals surface area contributed by atoms with E-state index in [2.05, 4.69) is 20.4 Å². The van der Waals surface area contributed by atoms with Crippen molar-refractivity contribution in [3.05, 3.63) is 41.5 Å². The lowest BCUT2D eigenvalue weighted by atomic mass is 9.86. The van der Waals surface area contributed by atoms with Gasteiger partial charge in [0.05, 0.1) is 13.2 Å². The summed E-state index contributed by atoms with van der Waals surface area (Å²) in [5.41, 5.74) is 1.88. The van der Waals surface area contributed by atoms with E-state index in [1.54, 1.807) is 13.0 Å². The molecule has 196 valence electrons. The monoisotopic (exact) mass is 500 g/mol. The van der Waals surface area contributed by atoms with Crippen LogP contribution in [0.1, 0.15) is 70.2 Å². The van der Waals surface area contributed by atoms with Crippen molar-refractivity contribution in [1.29, 1.82) is 0 Å². The van der Waals surface area contributed by atoms with Gasteiger partial charge in [0.25, 0.3) is 0 Å². The molecule has 2 heterocycles. The second-order valence-corrected chi connectivity index (χ2v) is 10.3. The number of nitrogens with one attached hydrogen (secondary N) is 1. The van der Waals surface area contributed by atoms with E-state index >= 15 is 0 Å². The Morgan fingerprint density at radius 2 is 2.06 bits per heavy atom. The lowest BCUT2D eigenvalue weighted by molar-refractivity contribution is -0.126. The molecule has 9 heteroatoms. The summed E-state index contributed by atoms with van der Waals surface area (Å²) in [5.74, 6) is 1.04. The number of piperidine rings is 1. The van der Waals surface area contributed by atoms with Gasteiger partial charge in [0.1, 0.15) is 0 Å². The highest BCUT2D eigenvalue weighted by molar-refractivity contribution is 5.80. The van der Waals surface area contributed by atoms with Gasteiger partial charge in [0.2, 0.25) is 5.91 Å². The highest BCUT2D eigenvalue weighted by Gasteiger charge is 2.25. The number of nitrogens with zero attached hydrogens (tertiary/aromatic N) is 3. The molecule has 1 fully saturated rings. The first-order valence-electron chi connectivity index (χ1n) is 13.0. The molecule has 2 N–H and O–H groups in total. The Bertz CT molecular complexity index is 1060. The molecule has 1 aromatic heterocycles. The Balaban J connectivity index is 1.25. The molecule has 2 aromatic rings. The summed E-state index contributed by atoms with van der Waals surface area (Å²) in [4.78, 5) is 18.9. The van der Waals surface area contributed by atoms with Crippen LogP contribution in [0, 0.1) is 17.7 Å². The molecule has 8 nitrogen and oxygen atoms in total. The third-order valence-corrected chi connectivity index (χ3v) is 7.05. The van der Waals surface area contributed by atoms with Gasteiger partial charge in [0.15, 0.2) is 17.4 Å². The van der Waals surface area contributed by atoms with Crippen molar-refractivity contribution < 1.29 is 23.6 Å². The normalized spacial score (nSPS) is 19.8. The largest absolute Gasteiger partial charge is 0.490 e. The second-order valence-electron chi connectivity index (χ2n) is 10.3. The summed E-state index contributed by atoms with van der Waals surface area (Å²) in [6.07, 6.45) is 5.88. The van der Waals surface area contributed by atoms with Gasteiger partial charge in [0, 0.05) is 31.0 Å². The van der Waals surface area contributed by atoms with E-state index in [9.17, 15) is 9.18 Å². The predicted molar refractivity (Wildman–Crippen MR) is 135 cm³/mol. The van der Waals surface area contributed by atoms with Crippen LogP contribution >= 0.6 is 0 Å². The summed E-state index contributed by atoms with van der Waals surface area (Å²) >= 11 is 0. The topological polar surface area (TPSA) is 101 Å². The minimum atomic E-state index is -0.366. The maximum atomic E-state index is 14.8. The maximum Gasteiger partial charge on any atom is 0.324 e. The van der Waals surface area contributed by atoms with Crippen LogP contribution in [-0.4, -0.2) is 53.5 Å². The SMILES string of the molecule is CC(C)c1noc(N2CCC(COc3ccc(C4=CCC(C(=O)N[C@H](C)CO)CC4)cc3F)CC2)n1. The number of aliphatic hydroxyl groups excluding tert-OH is 1. The molecule has 1 aromatic carbocycles. The second kappa shape index (κ2) is 11.9. The van der Waals surface area contributed by atoms with Crippen molar-refractivity contribution in [3.63, 3.8) is 0 Å². The van der Waals surface area contributed by atoms with Gasteiger partial charge in [-0.2, -0.15) is 4.98 Å². The van der Waals surface area contributed by atoms with Crippen molar-refractivity contribution in [3.8, 4) is 5.75 Å². The van der Waals surface area contributed by atoms with Crippen LogP contribution in [0.3, 0.4) is 0 Å². The number of carbonyl (C=O) groups excluding carboxylic acids is 1. The Labute approximate surface area is 211 Å². The molecule has 2 atom stereocenters. The number of amides is 1. The van der Waals surface area contributed by atoms with E-state index in [0.717, 1.165) is 42.9 Å². The number of anilines is 1. The van der Waals surface area contributed by atoms with E-state index < -0.39 is 0 Å². The summed E-state index contributed by atoms with van der Waals surface area (Å²) in [6, 6.07) is 5.44. The van der Waals surface area contributed by atoms with E-state index in [0.29, 0.717) is 37.8 Å². The van der Waals surface area contributed by atoms with E-state index in [1.807, 2.05) is 26.0 Å². The van der Waals surface area contributed by atoms with Gasteiger partial charge in [-0.05, 0) is 68.2 Å². The number of benzene rings is 1. The number of hydrogen-bond donors (Lipinski definition) is 2. The van der Waals surface area contributed by atoms with Crippen LogP contribution in [-0.2, 0) is 4.79 Å². The Morgan fingerprint density at radius 3 is 2.67 bits per heavy atom. The van der Waals surface area contributed by atoms with Crippen molar-refractivity contribution in [2.45, 2.75) is 64.8 Å². The molecular weight excluding hydrogens is 463 g/mol. The Kier molecular flexibility index (Phi) is 8.61. The lowest BCUT2D eigenvalue weighted by Crippen LogP contribution is -2.39. The molecule has 36 heavy (non-hydrogen) atoms. The zero-order valence-corrected chi connectivity index (χ0v) is 21.4. The molecule has 0 bridgehead atoms. The molecule has 4 rings (SSSR count). The zero-order valence-electron chi connectivity index (χ0n) is 21.4. The fourth-order valence-electron chi connectivity index (χ4n) is 4.65. The number of rotatable bonds is 9. The average molecular weight is 501 g/mol. The number of carbonyl (C=O) groups is 1. The van der Waals surface area contributed by atoms with Gasteiger partial charge < -0.3 is 24.6 Å². The highest BCUT2D eigenvalue weighted by atomic mass is 19.1. The molecule has 0 spiro atoms. The van der Waals surface area contributed by atoms with Crippen LogP contribution in [0.4, 0.5) is 10.4 Å². The zero-order chi connectivity index (χ0) is 25.7. The van der Waals surface area contributed by atoms with Crippen LogP contribution in [0.5, 0.6) is 5.75 Å². The molecule has 1 unspecified atom stereocenters. The number of hydrogen-bond acceptors (Lipinski definition) is 7. The van der Waals surface area contributed by atoms with Gasteiger partial charge in [-0.25, -0.2) is 4.39 Å². The Hall–Kier alpha value is -2.94. The van der Waals surface area contributed by atoms with Gasteiger partial charge >= 0.3 is 6.01 Å². The summed E-state index contributed by atoms with van der Waals surface area (Å²) in [5, 5.41) is 16.0. The van der Waals surface area contributed by atoms with Crippen LogP contribution in [0.15, 0.2) is 28.8 Å². The first kappa shape index (κ1) is 26.1. The molecule has 1 amide bonds. The number of aliphatic hydroxyl groups is 1. The number of halogens is 1. The van der Waals surface area contributed by atoms with Crippen LogP contribution in [0.2, 0.25) is 0 Å². The highest BCUT2D eigenvalue weighted by Crippen LogP contribution is 2.33. The van der Waals surface area contributed by atoms with Crippen LogP contribution in [0.25, 0.3) is 5.57 Å². The van der Waals surface area contributed by atoms with Crippen molar-refractivity contribution in [1.82, 2.24) is 15.5 Å². The Morgan fingerprint density at radius 1 is 1.28 bits per heavy atom. The third kappa shape index (κ3) is 6.43. The van der Waals surface area contributed by atoms with E-state index in [-0.39, 0.29) is 42.0 Å². The number of ether oxygens (including phenoxy) is 1. The van der Waals surface area contributed by atoms with Gasteiger partial charge in [-0.15, -0.1) is 0 Å². The van der Waals surface area contributed by atoms with Gasteiger partial charge in [-0.3, -0.25) is 4.79 Å². The average Bonchev–Trinajstić information content (AvgIpc) is 3.39. The minimum absolute atomic E-state index is 0.0370. The van der Waals surface area contributed by atoms with E-state index in [4.69, 9.17) is 14.4 Å². The van der Waals surface area contributed by atoms with Gasteiger partial charge in [-0.1, -0.05) is 31.1 Å². The standard InChI is InChI=1S/C27H37FN4O4/c1-17(2)25-30-27(36-31-25)32-12-10-19(11-13-32)16-35-24-9-8-22(14-23(24)28)20-4-6-21(7-5-20)26(34)29-18(3)15-33/h4,8-9,14,17-19,21,33H,5-7,10-13,15-16H2,1-3H3,(H,29,34)/t18-,21?/m1/s1. The van der Waals surface area contributed by atoms with E-state index in [1.165, 1.54) is 6.07 Å². The molecule has 0 saturated carbocycles. The fourth-order valence-corrected chi connectivity index (χ4v) is 4.65.